The number of aliphatic carboxylic acids is 1. The van der Waals surface area contributed by atoms with Crippen LogP contribution in [0.3, 0.4) is 0 Å². The fourth-order valence-corrected chi connectivity index (χ4v) is 5.29. The fraction of sp³-hybridized carbons (Fsp3) is 0.333. The van der Waals surface area contributed by atoms with Gasteiger partial charge >= 0.3 is 12.1 Å². The van der Waals surface area contributed by atoms with Crippen LogP contribution >= 0.6 is 0 Å². The summed E-state index contributed by atoms with van der Waals surface area (Å²) in [6, 6.07) is 16.6. The monoisotopic (exact) mass is 632 g/mol. The lowest BCUT2D eigenvalue weighted by Gasteiger charge is -2.26. The first kappa shape index (κ1) is 34.1. The number of amides is 1. The molecule has 3 aromatic carbocycles. The molecule has 0 spiro atoms. The van der Waals surface area contributed by atoms with Gasteiger partial charge in [-0.3, -0.25) is 9.59 Å². The van der Waals surface area contributed by atoms with Crippen LogP contribution in [0.15, 0.2) is 67.0 Å². The number of hydrogen-bond donors (Lipinski definition) is 2. The van der Waals surface area contributed by atoms with Gasteiger partial charge in [-0.2, -0.15) is 13.2 Å². The first-order chi connectivity index (χ1) is 21.7. The molecule has 46 heavy (non-hydrogen) atoms. The highest BCUT2D eigenvalue weighted by Gasteiger charge is 2.31. The fourth-order valence-electron chi connectivity index (χ4n) is 5.29. The lowest BCUT2D eigenvalue weighted by atomic mass is 9.90. The number of carbonyl (C=O) groups excluding carboxylic acids is 1. The Labute approximate surface area is 267 Å². The van der Waals surface area contributed by atoms with Gasteiger partial charge in [-0.1, -0.05) is 67.4 Å². The zero-order valence-corrected chi connectivity index (χ0v) is 26.7. The van der Waals surface area contributed by atoms with E-state index < -0.39 is 23.6 Å². The van der Waals surface area contributed by atoms with Gasteiger partial charge in [0, 0.05) is 38.4 Å². The van der Waals surface area contributed by atoms with Crippen molar-refractivity contribution in [1.29, 1.82) is 0 Å². The van der Waals surface area contributed by atoms with E-state index in [9.17, 15) is 22.8 Å². The third kappa shape index (κ3) is 8.93. The predicted octanol–water partition coefficient (Wildman–Crippen LogP) is 8.01. The third-order valence-corrected chi connectivity index (χ3v) is 7.71. The summed E-state index contributed by atoms with van der Waals surface area (Å²) in [6.07, 6.45) is -1.55. The van der Waals surface area contributed by atoms with Gasteiger partial charge in [-0.05, 0) is 78.6 Å². The second-order valence-electron chi connectivity index (χ2n) is 12.0. The molecular formula is C36H39F3N4O3. The normalized spacial score (nSPS) is 11.5. The average molecular weight is 633 g/mol. The van der Waals surface area contributed by atoms with Crippen LogP contribution in [0, 0.1) is 20.8 Å². The van der Waals surface area contributed by atoms with Crippen LogP contribution in [0.1, 0.15) is 81.9 Å². The number of nitrogens with one attached hydrogen (secondary N) is 1. The van der Waals surface area contributed by atoms with Gasteiger partial charge < -0.3 is 15.3 Å². The third-order valence-electron chi connectivity index (χ3n) is 7.71. The molecular weight excluding hydrogens is 593 g/mol. The van der Waals surface area contributed by atoms with Crippen molar-refractivity contribution >= 4 is 17.8 Å². The van der Waals surface area contributed by atoms with Crippen LogP contribution in [-0.4, -0.2) is 33.5 Å². The molecule has 2 N–H and O–H groups in total. The SMILES string of the molecule is Cc1cc(CN(Cc2cc(C)ccc2-c2cc(C(C)C)ccc2C)c2ncc(C(=O)NCCCC(=O)O)cn2)cc(C(F)(F)F)c1. The van der Waals surface area contributed by atoms with E-state index in [0.29, 0.717) is 23.6 Å². The standard InChI is InChI=1S/C36H39F3N4O3/c1-22(2)27-10-9-25(5)32(17-27)31-11-8-23(3)14-28(31)21-43(20-26-13-24(4)15-30(16-26)36(37,38)39)35-41-18-29(19-42-35)34(46)40-12-6-7-33(44)45/h8-11,13-19,22H,6-7,12,20-21H2,1-5H3,(H,40,46)(H,44,45). The number of hydrogen-bond acceptors (Lipinski definition) is 5. The maximum atomic E-state index is 13.7. The second kappa shape index (κ2) is 14.6. The van der Waals surface area contributed by atoms with Crippen LogP contribution in [-0.2, 0) is 24.1 Å². The van der Waals surface area contributed by atoms with Gasteiger partial charge in [0.25, 0.3) is 5.91 Å². The number of aryl methyl sites for hydroxylation is 3. The van der Waals surface area contributed by atoms with Gasteiger partial charge in [0.05, 0.1) is 11.1 Å². The van der Waals surface area contributed by atoms with Crippen molar-refractivity contribution in [1.82, 2.24) is 15.3 Å². The molecule has 0 aliphatic carbocycles. The second-order valence-corrected chi connectivity index (χ2v) is 12.0. The molecule has 1 aromatic heterocycles. The average Bonchev–Trinajstić information content (AvgIpc) is 2.98. The number of halogens is 3. The molecule has 242 valence electrons. The Kier molecular flexibility index (Phi) is 10.8. The molecule has 10 heteroatoms. The van der Waals surface area contributed by atoms with Crippen molar-refractivity contribution in [3.63, 3.8) is 0 Å². The molecule has 0 unspecified atom stereocenters. The molecule has 0 aliphatic heterocycles. The lowest BCUT2D eigenvalue weighted by molar-refractivity contribution is -0.138. The highest BCUT2D eigenvalue weighted by atomic mass is 19.4. The summed E-state index contributed by atoms with van der Waals surface area (Å²) in [5.74, 6) is -0.816. The van der Waals surface area contributed by atoms with Crippen LogP contribution in [0.25, 0.3) is 11.1 Å². The highest BCUT2D eigenvalue weighted by molar-refractivity contribution is 5.93. The molecule has 0 saturated heterocycles. The topological polar surface area (TPSA) is 95.4 Å². The summed E-state index contributed by atoms with van der Waals surface area (Å²) >= 11 is 0. The first-order valence-electron chi connectivity index (χ1n) is 15.2. The Morgan fingerprint density at radius 1 is 0.891 bits per heavy atom. The molecule has 7 nitrogen and oxygen atoms in total. The van der Waals surface area contributed by atoms with Crippen molar-refractivity contribution < 1.29 is 27.9 Å². The predicted molar refractivity (Wildman–Crippen MR) is 173 cm³/mol. The minimum atomic E-state index is -4.50. The van der Waals surface area contributed by atoms with Crippen LogP contribution in [0.5, 0.6) is 0 Å². The van der Waals surface area contributed by atoms with Gasteiger partial charge in [-0.25, -0.2) is 9.97 Å². The Balaban J connectivity index is 1.73. The number of benzene rings is 3. The van der Waals surface area contributed by atoms with E-state index in [0.717, 1.165) is 39.9 Å². The maximum Gasteiger partial charge on any atom is 0.416 e. The molecule has 0 atom stereocenters. The molecule has 0 saturated carbocycles. The van der Waals surface area contributed by atoms with E-state index in [1.807, 2.05) is 17.9 Å². The minimum absolute atomic E-state index is 0.0675. The smallest absolute Gasteiger partial charge is 0.416 e. The summed E-state index contributed by atoms with van der Waals surface area (Å²) in [5, 5.41) is 11.5. The number of rotatable bonds is 12. The van der Waals surface area contributed by atoms with Crippen LogP contribution in [0.4, 0.5) is 19.1 Å². The van der Waals surface area contributed by atoms with Gasteiger partial charge in [0.1, 0.15) is 0 Å². The molecule has 0 fully saturated rings. The summed E-state index contributed by atoms with van der Waals surface area (Å²) in [5.41, 5.74) is 6.76. The van der Waals surface area contributed by atoms with Gasteiger partial charge in [0.2, 0.25) is 5.95 Å². The molecule has 4 aromatic rings. The number of aromatic nitrogens is 2. The van der Waals surface area contributed by atoms with Crippen molar-refractivity contribution in [2.24, 2.45) is 0 Å². The Morgan fingerprint density at radius 2 is 1.61 bits per heavy atom. The summed E-state index contributed by atoms with van der Waals surface area (Å²) in [4.78, 5) is 34.1. The zero-order chi connectivity index (χ0) is 33.6. The molecule has 4 rings (SSSR count). The van der Waals surface area contributed by atoms with E-state index in [1.165, 1.54) is 18.0 Å². The summed E-state index contributed by atoms with van der Waals surface area (Å²) in [7, 11) is 0. The van der Waals surface area contributed by atoms with E-state index >= 15 is 0 Å². The Morgan fingerprint density at radius 3 is 2.26 bits per heavy atom. The van der Waals surface area contributed by atoms with Gasteiger partial charge in [0.15, 0.2) is 0 Å². The largest absolute Gasteiger partial charge is 0.481 e. The summed E-state index contributed by atoms with van der Waals surface area (Å²) in [6.45, 7) is 10.5. The van der Waals surface area contributed by atoms with Gasteiger partial charge in [-0.15, -0.1) is 0 Å². The Bertz CT molecular complexity index is 1700. The van der Waals surface area contributed by atoms with Crippen LogP contribution < -0.4 is 10.2 Å². The number of carboxylic acid groups (broad SMARTS) is 1. The molecule has 0 aliphatic rings. The van der Waals surface area contributed by atoms with Crippen molar-refractivity contribution in [2.75, 3.05) is 11.4 Å². The van der Waals surface area contributed by atoms with Crippen LogP contribution in [0.2, 0.25) is 0 Å². The number of carboxylic acids is 1. The highest BCUT2D eigenvalue weighted by Crippen LogP contribution is 2.34. The molecule has 1 heterocycles. The first-order valence-corrected chi connectivity index (χ1v) is 15.2. The molecule has 0 radical (unpaired) electrons. The van der Waals surface area contributed by atoms with Crippen molar-refractivity contribution in [3.05, 3.63) is 111 Å². The number of anilines is 1. The number of alkyl halides is 3. The maximum absolute atomic E-state index is 13.7. The van der Waals surface area contributed by atoms with E-state index in [-0.39, 0.29) is 37.4 Å². The molecule has 1 amide bonds. The van der Waals surface area contributed by atoms with Crippen molar-refractivity contribution in [3.8, 4) is 11.1 Å². The summed E-state index contributed by atoms with van der Waals surface area (Å²) < 4.78 is 41.2. The number of nitrogens with zero attached hydrogens (tertiary/aromatic N) is 3. The zero-order valence-electron chi connectivity index (χ0n) is 26.7. The lowest BCUT2D eigenvalue weighted by Crippen LogP contribution is -2.27. The molecule has 0 bridgehead atoms. The minimum Gasteiger partial charge on any atom is -0.481 e. The quantitative estimate of drug-likeness (QED) is 0.154. The number of carbonyl (C=O) groups is 2. The van der Waals surface area contributed by atoms with Crippen molar-refractivity contribution in [2.45, 2.75) is 72.6 Å². The Hall–Kier alpha value is -4.73. The van der Waals surface area contributed by atoms with E-state index in [2.05, 4.69) is 66.4 Å². The van der Waals surface area contributed by atoms with E-state index in [4.69, 9.17) is 5.11 Å². The van der Waals surface area contributed by atoms with E-state index in [1.54, 1.807) is 13.0 Å².